The van der Waals surface area contributed by atoms with E-state index in [0.717, 1.165) is 22.4 Å². The topological polar surface area (TPSA) is 101 Å². The highest BCUT2D eigenvalue weighted by atomic mass is 32.2. The third-order valence-corrected chi connectivity index (χ3v) is 7.16. The van der Waals surface area contributed by atoms with Gasteiger partial charge in [0.1, 0.15) is 6.54 Å². The van der Waals surface area contributed by atoms with Gasteiger partial charge in [0.25, 0.3) is 0 Å². The summed E-state index contributed by atoms with van der Waals surface area (Å²) in [7, 11) is -6.98. The number of sulfonamides is 1. The maximum absolute atomic E-state index is 12.6. The van der Waals surface area contributed by atoms with Crippen LogP contribution in [0.5, 0.6) is 0 Å². The Kier molecular flexibility index (Phi) is 7.22. The molecule has 31 heavy (non-hydrogen) atoms. The summed E-state index contributed by atoms with van der Waals surface area (Å²) < 4.78 is 48.9. The predicted molar refractivity (Wildman–Crippen MR) is 123 cm³/mol. The first kappa shape index (κ1) is 24.9. The van der Waals surface area contributed by atoms with E-state index in [-0.39, 0.29) is 16.9 Å². The zero-order chi connectivity index (χ0) is 23.6. The fourth-order valence-electron chi connectivity index (χ4n) is 3.03. The number of carbonyl (C=O) groups is 1. The van der Waals surface area contributed by atoms with Gasteiger partial charge in [-0.1, -0.05) is 45.0 Å². The van der Waals surface area contributed by atoms with Gasteiger partial charge in [-0.25, -0.2) is 16.8 Å². The Morgan fingerprint density at radius 1 is 0.935 bits per heavy atom. The van der Waals surface area contributed by atoms with Crippen molar-refractivity contribution in [3.05, 3.63) is 59.7 Å². The number of sulfone groups is 1. The first-order valence-electron chi connectivity index (χ1n) is 9.76. The van der Waals surface area contributed by atoms with Crippen LogP contribution in [0, 0.1) is 0 Å². The van der Waals surface area contributed by atoms with Gasteiger partial charge < -0.3 is 5.32 Å². The van der Waals surface area contributed by atoms with E-state index in [9.17, 15) is 21.6 Å². The molecule has 1 N–H and O–H groups in total. The van der Waals surface area contributed by atoms with Gasteiger partial charge in [0.05, 0.1) is 22.9 Å². The molecule has 0 radical (unpaired) electrons. The number of amides is 1. The van der Waals surface area contributed by atoms with Crippen LogP contribution in [0.1, 0.15) is 44.9 Å². The fraction of sp³-hybridized carbons (Fsp3) is 0.409. The van der Waals surface area contributed by atoms with Crippen LogP contribution in [-0.2, 0) is 30.1 Å². The number of anilines is 1. The highest BCUT2D eigenvalue weighted by molar-refractivity contribution is 7.92. The Morgan fingerprint density at radius 2 is 1.45 bits per heavy atom. The summed E-state index contributed by atoms with van der Waals surface area (Å²) in [6, 6.07) is 12.9. The van der Waals surface area contributed by atoms with Crippen molar-refractivity contribution in [2.45, 2.75) is 44.0 Å². The first-order valence-corrected chi connectivity index (χ1v) is 13.5. The number of hydrogen-bond acceptors (Lipinski definition) is 5. The molecule has 0 fully saturated rings. The number of benzene rings is 2. The van der Waals surface area contributed by atoms with Gasteiger partial charge in [-0.3, -0.25) is 9.10 Å². The van der Waals surface area contributed by atoms with E-state index in [4.69, 9.17) is 0 Å². The molecule has 2 rings (SSSR count). The molecule has 0 unspecified atom stereocenters. The second-order valence-electron chi connectivity index (χ2n) is 8.70. The summed E-state index contributed by atoms with van der Waals surface area (Å²) in [5.74, 6) is -0.468. The maximum Gasteiger partial charge on any atom is 0.241 e. The highest BCUT2D eigenvalue weighted by Gasteiger charge is 2.23. The van der Waals surface area contributed by atoms with Crippen molar-refractivity contribution in [1.82, 2.24) is 5.32 Å². The largest absolute Gasteiger partial charge is 0.348 e. The van der Waals surface area contributed by atoms with Gasteiger partial charge in [-0.2, -0.15) is 0 Å². The van der Waals surface area contributed by atoms with E-state index in [1.54, 1.807) is 31.2 Å². The van der Waals surface area contributed by atoms with Gasteiger partial charge in [-0.15, -0.1) is 0 Å². The normalized spacial score (nSPS) is 13.5. The fourth-order valence-corrected chi connectivity index (χ4v) is 4.52. The summed E-state index contributed by atoms with van der Waals surface area (Å²) in [6.45, 7) is 7.57. The van der Waals surface area contributed by atoms with Crippen molar-refractivity contribution < 1.29 is 21.6 Å². The standard InChI is InChI=1S/C22H30N2O5S2/c1-16(17-7-13-20(14-8-17)30(5,26)27)23-21(25)15-24(31(6,28)29)19-11-9-18(10-12-19)22(2,3)4/h7-14,16H,15H2,1-6H3,(H,23,25)/t16-/m1/s1. The molecule has 0 spiro atoms. The van der Waals surface area contributed by atoms with Crippen LogP contribution in [0.15, 0.2) is 53.4 Å². The lowest BCUT2D eigenvalue weighted by atomic mass is 9.87. The average molecular weight is 467 g/mol. The van der Waals surface area contributed by atoms with Gasteiger partial charge >= 0.3 is 0 Å². The molecule has 2 aromatic carbocycles. The van der Waals surface area contributed by atoms with Crippen LogP contribution in [-0.4, -0.2) is 41.8 Å². The number of carbonyl (C=O) groups excluding carboxylic acids is 1. The molecule has 7 nitrogen and oxygen atoms in total. The zero-order valence-corrected chi connectivity index (χ0v) is 20.3. The molecule has 0 bridgehead atoms. The van der Waals surface area contributed by atoms with Gasteiger partial charge in [0.15, 0.2) is 9.84 Å². The van der Waals surface area contributed by atoms with Crippen molar-refractivity contribution in [1.29, 1.82) is 0 Å². The molecular weight excluding hydrogens is 436 g/mol. The van der Waals surface area contributed by atoms with E-state index in [1.165, 1.54) is 12.1 Å². The van der Waals surface area contributed by atoms with Crippen molar-refractivity contribution in [3.8, 4) is 0 Å². The third-order valence-electron chi connectivity index (χ3n) is 4.89. The Balaban J connectivity index is 2.16. The van der Waals surface area contributed by atoms with E-state index in [1.807, 2.05) is 12.1 Å². The average Bonchev–Trinajstić information content (AvgIpc) is 2.64. The van der Waals surface area contributed by atoms with Crippen molar-refractivity contribution in [2.24, 2.45) is 0 Å². The number of nitrogens with one attached hydrogen (secondary N) is 1. The monoisotopic (exact) mass is 466 g/mol. The molecule has 9 heteroatoms. The second-order valence-corrected chi connectivity index (χ2v) is 12.6. The molecule has 0 saturated heterocycles. The molecule has 170 valence electrons. The lowest BCUT2D eigenvalue weighted by molar-refractivity contribution is -0.120. The smallest absolute Gasteiger partial charge is 0.241 e. The third kappa shape index (κ3) is 6.80. The first-order chi connectivity index (χ1) is 14.1. The van der Waals surface area contributed by atoms with E-state index < -0.39 is 31.8 Å². The molecule has 0 aromatic heterocycles. The summed E-state index contributed by atoms with van der Waals surface area (Å²) in [6.07, 6.45) is 2.19. The summed E-state index contributed by atoms with van der Waals surface area (Å²) in [5.41, 5.74) is 2.10. The Bertz CT molecular complexity index is 1130. The van der Waals surface area contributed by atoms with Gasteiger partial charge in [0, 0.05) is 6.26 Å². The number of hydrogen-bond donors (Lipinski definition) is 1. The van der Waals surface area contributed by atoms with Crippen LogP contribution >= 0.6 is 0 Å². The van der Waals surface area contributed by atoms with Crippen LogP contribution in [0.25, 0.3) is 0 Å². The van der Waals surface area contributed by atoms with Crippen LogP contribution < -0.4 is 9.62 Å². The molecule has 0 aliphatic rings. The Hall–Kier alpha value is -2.39. The molecular formula is C22H30N2O5S2. The lowest BCUT2D eigenvalue weighted by Gasteiger charge is -2.25. The van der Waals surface area contributed by atoms with Gasteiger partial charge in [-0.05, 0) is 47.7 Å². The highest BCUT2D eigenvalue weighted by Crippen LogP contribution is 2.26. The Morgan fingerprint density at radius 3 is 1.87 bits per heavy atom. The Labute approximate surface area is 185 Å². The lowest BCUT2D eigenvalue weighted by Crippen LogP contribution is -2.41. The molecule has 2 aromatic rings. The minimum atomic E-state index is -3.68. The number of nitrogens with zero attached hydrogens (tertiary/aromatic N) is 1. The molecule has 0 aliphatic heterocycles. The van der Waals surface area contributed by atoms with Crippen LogP contribution in [0.4, 0.5) is 5.69 Å². The van der Waals surface area contributed by atoms with E-state index in [2.05, 4.69) is 26.1 Å². The maximum atomic E-state index is 12.6. The summed E-state index contributed by atoms with van der Waals surface area (Å²) in [4.78, 5) is 12.8. The zero-order valence-electron chi connectivity index (χ0n) is 18.7. The predicted octanol–water partition coefficient (Wildman–Crippen LogP) is 3.03. The number of rotatable bonds is 7. The quantitative estimate of drug-likeness (QED) is 0.676. The van der Waals surface area contributed by atoms with Crippen molar-refractivity contribution >= 4 is 31.5 Å². The minimum Gasteiger partial charge on any atom is -0.348 e. The van der Waals surface area contributed by atoms with E-state index >= 15 is 0 Å². The molecule has 0 aliphatic carbocycles. The van der Waals surface area contributed by atoms with Crippen molar-refractivity contribution in [3.63, 3.8) is 0 Å². The van der Waals surface area contributed by atoms with Crippen LogP contribution in [0.2, 0.25) is 0 Å². The summed E-state index contributed by atoms with van der Waals surface area (Å²) >= 11 is 0. The molecule has 1 amide bonds. The molecule has 1 atom stereocenters. The van der Waals surface area contributed by atoms with Crippen molar-refractivity contribution in [2.75, 3.05) is 23.4 Å². The van der Waals surface area contributed by atoms with E-state index in [0.29, 0.717) is 11.3 Å². The SMILES string of the molecule is C[C@@H](NC(=O)CN(c1ccc(C(C)(C)C)cc1)S(C)(=O)=O)c1ccc(S(C)(=O)=O)cc1. The second kappa shape index (κ2) is 9.00. The minimum absolute atomic E-state index is 0.0755. The van der Waals surface area contributed by atoms with Crippen LogP contribution in [0.3, 0.4) is 0 Å². The van der Waals surface area contributed by atoms with Gasteiger partial charge in [0.2, 0.25) is 15.9 Å². The summed E-state index contributed by atoms with van der Waals surface area (Å²) in [5, 5.41) is 2.77. The molecule has 0 saturated carbocycles. The molecule has 0 heterocycles.